The number of aromatic nitrogens is 2. The SMILES string of the molecule is CC(C)(C)OC(=O)N1CC(=O)N(c2cc(C#N)ccn2)[C@H](C(=O)N(c2cc(F)cc(F)c2)[C@H](C(=O)NC2CC(F)(F)C2)c2ccccc2Cl)C1.N#Cc1ccnc(N2C(=O)CN(CCO)C[C@H]2C(=O)N(c2cc(F)cc(F)c2)[C@H](C(=O)NC2CC(F)(F)C2)c2ccccc2Cl)c1.OCCBr. The van der Waals surface area contributed by atoms with Gasteiger partial charge in [0.2, 0.25) is 23.6 Å². The first-order valence-corrected chi connectivity index (χ1v) is 32.4. The van der Waals surface area contributed by atoms with Gasteiger partial charge in [-0.05, 0) is 81.4 Å². The summed E-state index contributed by atoms with van der Waals surface area (Å²) in [7, 11) is 0. The number of nitrogens with zero attached hydrogens (tertiary/aromatic N) is 10. The standard InChI is InChI=1S/C34H31ClF4N6O5.C31H27ClF4N6O4.C2H5BrO/c1-33(2,3)50-32(49)43-17-26(45(28(46)18-43)27-10-19(16-40)8-9-41-27)31(48)44(23-12-20(36)11-21(37)13-23)29(24-6-4-5-7-25(24)35)30(47)42-22-14-34(38,39)15-22;32-24-4-2-1-3-23(24)28(29(45)39-21-13-31(35,36)14-21)41(22-11-19(33)10-20(34)12-22)30(46)25-16-40(7-8-43)17-27(44)42(25)26-9-18(15-37)5-6-38-26;3-1-2-4/h4-13,22,26,29H,14-15,17-18H2,1-3H3,(H,42,47);1-6,9-12,21,25,28,43H,7-8,13-14,16-17H2,(H,39,45);4H,1-2H2/t26-,29-;25-,28-;/m00./s1. The summed E-state index contributed by atoms with van der Waals surface area (Å²) in [6, 6.07) is 16.2. The van der Waals surface area contributed by atoms with Gasteiger partial charge in [0.1, 0.15) is 71.2 Å². The smallest absolute Gasteiger partial charge is 0.410 e. The number of anilines is 4. The van der Waals surface area contributed by atoms with Crippen LogP contribution < -0.4 is 30.2 Å². The predicted molar refractivity (Wildman–Crippen MR) is 351 cm³/mol. The number of rotatable bonds is 17. The minimum atomic E-state index is -3.03. The lowest BCUT2D eigenvalue weighted by atomic mass is 9.87. The zero-order valence-electron chi connectivity index (χ0n) is 53.3. The topological polar surface area (TPSA) is 286 Å². The number of carbonyl (C=O) groups excluding carboxylic acids is 7. The number of nitrogens with one attached hydrogen (secondary N) is 2. The Bertz CT molecular complexity index is 4090. The molecular weight excluding hydrogens is 1440 g/mol. The molecule has 2 saturated carbocycles. The lowest BCUT2D eigenvalue weighted by Gasteiger charge is -2.43. The van der Waals surface area contributed by atoms with Crippen LogP contribution in [0, 0.1) is 45.9 Å². The first-order valence-electron chi connectivity index (χ1n) is 30.6. The molecule has 0 unspecified atom stereocenters. The number of halogens is 11. The second kappa shape index (κ2) is 32.7. The largest absolute Gasteiger partial charge is 0.444 e. The van der Waals surface area contributed by atoms with Crippen LogP contribution in [-0.4, -0.2) is 164 Å². The van der Waals surface area contributed by atoms with Gasteiger partial charge in [-0.25, -0.2) is 49.9 Å². The van der Waals surface area contributed by atoms with Crippen molar-refractivity contribution in [1.82, 2.24) is 30.4 Å². The number of ether oxygens (including phenoxy) is 1. The van der Waals surface area contributed by atoms with Crippen molar-refractivity contribution in [3.63, 3.8) is 0 Å². The Morgan fingerprint density at radius 2 is 1.03 bits per heavy atom. The van der Waals surface area contributed by atoms with E-state index in [4.69, 9.17) is 33.0 Å². The molecule has 0 bridgehead atoms. The summed E-state index contributed by atoms with van der Waals surface area (Å²) in [4.78, 5) is 113. The van der Waals surface area contributed by atoms with Gasteiger partial charge in [0.15, 0.2) is 0 Å². The van der Waals surface area contributed by atoms with Gasteiger partial charge in [-0.1, -0.05) is 75.5 Å². The minimum absolute atomic E-state index is 0.0104. The lowest BCUT2D eigenvalue weighted by molar-refractivity contribution is -0.134. The zero-order valence-corrected chi connectivity index (χ0v) is 56.4. The molecule has 7 amide bonds. The van der Waals surface area contributed by atoms with Gasteiger partial charge < -0.3 is 25.6 Å². The van der Waals surface area contributed by atoms with Gasteiger partial charge in [-0.3, -0.25) is 58.2 Å². The first kappa shape index (κ1) is 76.4. The van der Waals surface area contributed by atoms with Crippen LogP contribution in [0.15, 0.2) is 122 Å². The van der Waals surface area contributed by atoms with E-state index in [-0.39, 0.29) is 76.8 Å². The van der Waals surface area contributed by atoms with E-state index >= 15 is 4.79 Å². The number of benzene rings is 4. The van der Waals surface area contributed by atoms with Gasteiger partial charge in [0.25, 0.3) is 23.7 Å². The molecule has 22 nitrogen and oxygen atoms in total. The monoisotopic (exact) mass is 1500 g/mol. The molecule has 2 aliphatic heterocycles. The van der Waals surface area contributed by atoms with Crippen molar-refractivity contribution in [2.24, 2.45) is 0 Å². The number of carbonyl (C=O) groups is 7. The highest BCUT2D eigenvalue weighted by Gasteiger charge is 2.52. The second-order valence-electron chi connectivity index (χ2n) is 24.3. The van der Waals surface area contributed by atoms with Crippen LogP contribution in [0.25, 0.3) is 0 Å². The summed E-state index contributed by atoms with van der Waals surface area (Å²) in [5, 5.41) is 42.0. The lowest BCUT2D eigenvalue weighted by Crippen LogP contribution is -2.65. The Labute approximate surface area is 585 Å². The van der Waals surface area contributed by atoms with E-state index in [9.17, 15) is 79.5 Å². The van der Waals surface area contributed by atoms with Crippen molar-refractivity contribution in [2.75, 3.05) is 70.9 Å². The fourth-order valence-corrected chi connectivity index (χ4v) is 11.8. The molecule has 4 heterocycles. The molecule has 100 heavy (non-hydrogen) atoms. The Balaban J connectivity index is 0.000000242. The molecule has 6 aromatic rings. The Hall–Kier alpha value is -9.37. The third kappa shape index (κ3) is 18.9. The molecule has 10 rings (SSSR count). The Kier molecular flexibility index (Phi) is 25.0. The summed E-state index contributed by atoms with van der Waals surface area (Å²) in [6.07, 6.45) is -1.16. The number of nitriles is 2. The van der Waals surface area contributed by atoms with Crippen LogP contribution in [0.5, 0.6) is 0 Å². The van der Waals surface area contributed by atoms with Gasteiger partial charge in [0.05, 0.1) is 60.9 Å². The maximum atomic E-state index is 15.0. The number of hydrogen-bond acceptors (Lipinski definition) is 15. The molecule has 4 atom stereocenters. The molecular formula is C67H63BrCl2F8N12O10. The van der Waals surface area contributed by atoms with Crippen molar-refractivity contribution < 1.29 is 83.6 Å². The van der Waals surface area contributed by atoms with Gasteiger partial charge >= 0.3 is 6.09 Å². The number of aliphatic hydroxyl groups is 2. The van der Waals surface area contributed by atoms with Crippen molar-refractivity contribution in [1.29, 1.82) is 10.5 Å². The molecule has 2 aliphatic carbocycles. The van der Waals surface area contributed by atoms with E-state index in [1.165, 1.54) is 84.0 Å². The third-order valence-electron chi connectivity index (χ3n) is 15.6. The van der Waals surface area contributed by atoms with Crippen molar-refractivity contribution in [2.45, 2.75) is 100 Å². The summed E-state index contributed by atoms with van der Waals surface area (Å²) < 4.78 is 120. The molecule has 0 radical (unpaired) electrons. The van der Waals surface area contributed by atoms with E-state index in [1.807, 2.05) is 12.1 Å². The molecule has 4 aliphatic rings. The predicted octanol–water partition coefficient (Wildman–Crippen LogP) is 9.48. The molecule has 2 saturated heterocycles. The fraction of sp³-hybridized carbons (Fsp3) is 0.358. The summed E-state index contributed by atoms with van der Waals surface area (Å²) in [5.74, 6) is -16.3. The number of β-amino-alcohol motifs (C(OH)–C–C–N with tert-alkyl or cyclic N) is 1. The highest BCUT2D eigenvalue weighted by Crippen LogP contribution is 2.42. The van der Waals surface area contributed by atoms with E-state index < -0.39 is 169 Å². The Morgan fingerprint density at radius 3 is 1.39 bits per heavy atom. The van der Waals surface area contributed by atoms with Crippen LogP contribution >= 0.6 is 39.1 Å². The number of alkyl halides is 5. The summed E-state index contributed by atoms with van der Waals surface area (Å²) >= 11 is 16.0. The highest BCUT2D eigenvalue weighted by atomic mass is 79.9. The van der Waals surface area contributed by atoms with Crippen molar-refractivity contribution in [3.8, 4) is 12.1 Å². The fourth-order valence-electron chi connectivity index (χ4n) is 11.3. The maximum Gasteiger partial charge on any atom is 0.410 e. The van der Waals surface area contributed by atoms with E-state index in [0.29, 0.717) is 22.4 Å². The van der Waals surface area contributed by atoms with Crippen molar-refractivity contribution in [3.05, 3.63) is 177 Å². The molecule has 4 aromatic carbocycles. The second-order valence-corrected chi connectivity index (χ2v) is 25.9. The molecule has 0 spiro atoms. The first-order chi connectivity index (χ1) is 47.3. The van der Waals surface area contributed by atoms with Gasteiger partial charge in [0, 0.05) is 102 Å². The zero-order chi connectivity index (χ0) is 73.1. The third-order valence-corrected chi connectivity index (χ3v) is 16.7. The van der Waals surface area contributed by atoms with Gasteiger partial charge in [-0.2, -0.15) is 10.5 Å². The van der Waals surface area contributed by atoms with E-state index in [0.717, 1.165) is 43.9 Å². The normalized spacial score (nSPS) is 18.0. The van der Waals surface area contributed by atoms with E-state index in [2.05, 4.69) is 36.5 Å². The number of piperazine rings is 2. The van der Waals surface area contributed by atoms with Crippen LogP contribution in [0.2, 0.25) is 10.0 Å². The Morgan fingerprint density at radius 1 is 0.640 bits per heavy atom. The highest BCUT2D eigenvalue weighted by molar-refractivity contribution is 9.09. The van der Waals surface area contributed by atoms with Crippen molar-refractivity contribution >= 4 is 104 Å². The number of amides is 7. The van der Waals surface area contributed by atoms with Crippen LogP contribution in [0.1, 0.15) is 80.8 Å². The van der Waals surface area contributed by atoms with Crippen LogP contribution in [0.3, 0.4) is 0 Å². The molecule has 4 fully saturated rings. The minimum Gasteiger partial charge on any atom is -0.444 e. The number of aliphatic hydroxyl groups excluding tert-OH is 2. The molecule has 528 valence electrons. The average molecular weight is 1500 g/mol. The van der Waals surface area contributed by atoms with E-state index in [1.54, 1.807) is 26.8 Å². The van der Waals surface area contributed by atoms with Crippen LogP contribution in [0.4, 0.5) is 62.9 Å². The van der Waals surface area contributed by atoms with Gasteiger partial charge in [-0.15, -0.1) is 0 Å². The average Bonchev–Trinajstić information content (AvgIpc) is 0.766. The summed E-state index contributed by atoms with van der Waals surface area (Å²) in [6.45, 7) is 3.01. The maximum absolute atomic E-state index is 15.0. The summed E-state index contributed by atoms with van der Waals surface area (Å²) in [5.41, 5.74) is -1.76. The molecule has 33 heteroatoms. The quantitative estimate of drug-likeness (QED) is 0.0488. The van der Waals surface area contributed by atoms with Crippen LogP contribution in [-0.2, 0) is 33.5 Å². The number of hydrogen-bond donors (Lipinski definition) is 4. The number of pyridine rings is 2. The molecule has 4 N–H and O–H groups in total. The molecule has 2 aromatic heterocycles.